The van der Waals surface area contributed by atoms with Crippen molar-refractivity contribution in [1.29, 1.82) is 0 Å². The summed E-state index contributed by atoms with van der Waals surface area (Å²) in [5, 5.41) is 4.11. The highest BCUT2D eigenvalue weighted by atomic mass is 16.5. The summed E-state index contributed by atoms with van der Waals surface area (Å²) < 4.78 is 10.2. The Kier molecular flexibility index (Phi) is 5.89. The number of rotatable bonds is 6. The zero-order valence-electron chi connectivity index (χ0n) is 16.1. The SMILES string of the molecule is CCOC(=O)c1cccc(Nc2cc(C)nc3ccc(C(=O)OCC)cc23)c1. The van der Waals surface area contributed by atoms with Crippen LogP contribution in [-0.2, 0) is 9.47 Å². The largest absolute Gasteiger partial charge is 0.462 e. The number of esters is 2. The van der Waals surface area contributed by atoms with Crippen molar-refractivity contribution in [2.45, 2.75) is 20.8 Å². The normalized spacial score (nSPS) is 10.5. The summed E-state index contributed by atoms with van der Waals surface area (Å²) in [5.41, 5.74) is 4.05. The van der Waals surface area contributed by atoms with Crippen LogP contribution in [0.2, 0.25) is 0 Å². The lowest BCUT2D eigenvalue weighted by atomic mass is 10.1. The van der Waals surface area contributed by atoms with Crippen LogP contribution in [0.1, 0.15) is 40.3 Å². The van der Waals surface area contributed by atoms with Crippen LogP contribution >= 0.6 is 0 Å². The van der Waals surface area contributed by atoms with Gasteiger partial charge in [-0.25, -0.2) is 9.59 Å². The predicted molar refractivity (Wildman–Crippen MR) is 108 cm³/mol. The summed E-state index contributed by atoms with van der Waals surface area (Å²) in [6.07, 6.45) is 0. The fourth-order valence-electron chi connectivity index (χ4n) is 2.90. The molecule has 0 bridgehead atoms. The van der Waals surface area contributed by atoms with Gasteiger partial charge in [-0.15, -0.1) is 0 Å². The number of aromatic nitrogens is 1. The molecule has 144 valence electrons. The van der Waals surface area contributed by atoms with Crippen molar-refractivity contribution in [3.05, 3.63) is 65.4 Å². The lowest BCUT2D eigenvalue weighted by Crippen LogP contribution is -2.06. The minimum absolute atomic E-state index is 0.314. The first kappa shape index (κ1) is 19.4. The highest BCUT2D eigenvalue weighted by molar-refractivity contribution is 6.00. The van der Waals surface area contributed by atoms with Crippen molar-refractivity contribution >= 4 is 34.2 Å². The minimum Gasteiger partial charge on any atom is -0.462 e. The first-order valence-corrected chi connectivity index (χ1v) is 9.14. The molecule has 0 radical (unpaired) electrons. The van der Waals surface area contributed by atoms with Crippen molar-refractivity contribution in [2.75, 3.05) is 18.5 Å². The van der Waals surface area contributed by atoms with E-state index in [0.29, 0.717) is 24.3 Å². The standard InChI is InChI=1S/C22H22N2O4/c1-4-27-21(25)15-7-6-8-17(12-15)24-20-11-14(3)23-19-10-9-16(13-18(19)20)22(26)28-5-2/h6-13H,4-5H2,1-3H3,(H,23,24). The van der Waals surface area contributed by atoms with E-state index in [0.717, 1.165) is 28.0 Å². The average molecular weight is 378 g/mol. The van der Waals surface area contributed by atoms with Gasteiger partial charge in [0.15, 0.2) is 0 Å². The molecule has 2 aromatic carbocycles. The lowest BCUT2D eigenvalue weighted by molar-refractivity contribution is 0.0517. The maximum Gasteiger partial charge on any atom is 0.338 e. The van der Waals surface area contributed by atoms with E-state index in [1.165, 1.54) is 0 Å². The third-order valence-electron chi connectivity index (χ3n) is 4.10. The topological polar surface area (TPSA) is 77.5 Å². The molecule has 0 fully saturated rings. The van der Waals surface area contributed by atoms with Crippen LogP contribution in [-0.4, -0.2) is 30.1 Å². The number of carbonyl (C=O) groups is 2. The minimum atomic E-state index is -0.375. The number of nitrogens with one attached hydrogen (secondary N) is 1. The molecular formula is C22H22N2O4. The molecule has 0 aliphatic carbocycles. The van der Waals surface area contributed by atoms with Crippen molar-refractivity contribution in [1.82, 2.24) is 4.98 Å². The highest BCUT2D eigenvalue weighted by Gasteiger charge is 2.12. The molecule has 3 aromatic rings. The van der Waals surface area contributed by atoms with Crippen molar-refractivity contribution in [2.24, 2.45) is 0 Å². The summed E-state index contributed by atoms with van der Waals surface area (Å²) in [4.78, 5) is 28.6. The van der Waals surface area contributed by atoms with Gasteiger partial charge in [0.2, 0.25) is 0 Å². The summed E-state index contributed by atoms with van der Waals surface area (Å²) >= 11 is 0. The Hall–Kier alpha value is -3.41. The van der Waals surface area contributed by atoms with Crippen LogP contribution < -0.4 is 5.32 Å². The Balaban J connectivity index is 2.00. The van der Waals surface area contributed by atoms with E-state index in [-0.39, 0.29) is 11.9 Å². The molecule has 0 aliphatic rings. The van der Waals surface area contributed by atoms with Crippen molar-refractivity contribution < 1.29 is 19.1 Å². The van der Waals surface area contributed by atoms with E-state index >= 15 is 0 Å². The molecular weight excluding hydrogens is 356 g/mol. The number of ether oxygens (including phenoxy) is 2. The molecule has 0 spiro atoms. The molecule has 1 N–H and O–H groups in total. The molecule has 1 heterocycles. The second-order valence-electron chi connectivity index (χ2n) is 6.19. The summed E-state index contributed by atoms with van der Waals surface area (Å²) in [6, 6.07) is 14.2. The molecule has 1 aromatic heterocycles. The number of hydrogen-bond donors (Lipinski definition) is 1. The van der Waals surface area contributed by atoms with Crippen LogP contribution in [0.3, 0.4) is 0 Å². The number of carbonyl (C=O) groups excluding carboxylic acids is 2. The van der Waals surface area contributed by atoms with E-state index in [1.807, 2.05) is 19.1 Å². The van der Waals surface area contributed by atoms with Gasteiger partial charge in [0.1, 0.15) is 0 Å². The molecule has 3 rings (SSSR count). The molecule has 6 heteroatoms. The van der Waals surface area contributed by atoms with Gasteiger partial charge < -0.3 is 14.8 Å². The van der Waals surface area contributed by atoms with Crippen LogP contribution in [0.4, 0.5) is 11.4 Å². The van der Waals surface area contributed by atoms with Crippen molar-refractivity contribution in [3.63, 3.8) is 0 Å². The first-order valence-electron chi connectivity index (χ1n) is 9.14. The average Bonchev–Trinajstić information content (AvgIpc) is 2.68. The summed E-state index contributed by atoms with van der Waals surface area (Å²) in [5.74, 6) is -0.744. The molecule has 0 saturated carbocycles. The predicted octanol–water partition coefficient (Wildman–Crippen LogP) is 4.64. The molecule has 0 saturated heterocycles. The zero-order valence-corrected chi connectivity index (χ0v) is 16.1. The van der Waals surface area contributed by atoms with Gasteiger partial charge >= 0.3 is 11.9 Å². The second kappa shape index (κ2) is 8.52. The molecule has 0 atom stereocenters. The smallest absolute Gasteiger partial charge is 0.338 e. The zero-order chi connectivity index (χ0) is 20.1. The number of nitrogens with zero attached hydrogens (tertiary/aromatic N) is 1. The Morgan fingerprint density at radius 3 is 2.29 bits per heavy atom. The number of aryl methyl sites for hydroxylation is 1. The molecule has 0 amide bonds. The van der Waals surface area contributed by atoms with E-state index in [9.17, 15) is 9.59 Å². The molecule has 0 unspecified atom stereocenters. The summed E-state index contributed by atoms with van der Waals surface area (Å²) in [7, 11) is 0. The Morgan fingerprint density at radius 2 is 1.61 bits per heavy atom. The Bertz CT molecular complexity index is 1030. The van der Waals surface area contributed by atoms with Crippen molar-refractivity contribution in [3.8, 4) is 0 Å². The third kappa shape index (κ3) is 4.28. The van der Waals surface area contributed by atoms with Crippen LogP contribution in [0.15, 0.2) is 48.5 Å². The number of fused-ring (bicyclic) bond motifs is 1. The number of anilines is 2. The molecule has 6 nitrogen and oxygen atoms in total. The van der Waals surface area contributed by atoms with E-state index in [1.54, 1.807) is 50.2 Å². The van der Waals surface area contributed by atoms with Gasteiger partial charge in [0.25, 0.3) is 0 Å². The Morgan fingerprint density at radius 1 is 0.929 bits per heavy atom. The fourth-order valence-corrected chi connectivity index (χ4v) is 2.90. The molecule has 0 aliphatic heterocycles. The van der Waals surface area contributed by atoms with Crippen LogP contribution in [0.5, 0.6) is 0 Å². The van der Waals surface area contributed by atoms with E-state index in [2.05, 4.69) is 10.3 Å². The molecule has 28 heavy (non-hydrogen) atoms. The summed E-state index contributed by atoms with van der Waals surface area (Å²) in [6.45, 7) is 6.08. The fraction of sp³-hybridized carbons (Fsp3) is 0.227. The Labute approximate surface area is 163 Å². The quantitative estimate of drug-likeness (QED) is 0.630. The van der Waals surface area contributed by atoms with Gasteiger partial charge in [0, 0.05) is 22.5 Å². The second-order valence-corrected chi connectivity index (χ2v) is 6.19. The third-order valence-corrected chi connectivity index (χ3v) is 4.10. The van der Waals surface area contributed by atoms with Crippen LogP contribution in [0, 0.1) is 6.92 Å². The van der Waals surface area contributed by atoms with E-state index < -0.39 is 0 Å². The van der Waals surface area contributed by atoms with Gasteiger partial charge in [-0.1, -0.05) is 6.07 Å². The number of benzene rings is 2. The maximum atomic E-state index is 12.1. The number of hydrogen-bond acceptors (Lipinski definition) is 6. The van der Waals surface area contributed by atoms with Gasteiger partial charge in [-0.2, -0.15) is 0 Å². The van der Waals surface area contributed by atoms with Gasteiger partial charge in [-0.05, 0) is 63.2 Å². The lowest BCUT2D eigenvalue weighted by Gasteiger charge is -2.13. The highest BCUT2D eigenvalue weighted by Crippen LogP contribution is 2.28. The van der Waals surface area contributed by atoms with Gasteiger partial charge in [0.05, 0.1) is 29.9 Å². The van der Waals surface area contributed by atoms with E-state index in [4.69, 9.17) is 9.47 Å². The monoisotopic (exact) mass is 378 g/mol. The van der Waals surface area contributed by atoms with Crippen LogP contribution in [0.25, 0.3) is 10.9 Å². The van der Waals surface area contributed by atoms with Gasteiger partial charge in [-0.3, -0.25) is 4.98 Å². The maximum absolute atomic E-state index is 12.1. The first-order chi connectivity index (χ1) is 13.5. The number of pyridine rings is 1.